The Bertz CT molecular complexity index is 939. The van der Waals surface area contributed by atoms with Gasteiger partial charge >= 0.3 is 0 Å². The number of anilines is 1. The second-order valence-electron chi connectivity index (χ2n) is 4.58. The van der Waals surface area contributed by atoms with Crippen LogP contribution >= 0.6 is 27.3 Å². The Morgan fingerprint density at radius 1 is 1.10 bits per heavy atom. The molecule has 5 heteroatoms. The fraction of sp³-hybridized carbons (Fsp3) is 0. The van der Waals surface area contributed by atoms with Crippen molar-refractivity contribution in [3.63, 3.8) is 0 Å². The number of thiophene rings is 1. The number of nitrogens with two attached hydrogens (primary N) is 1. The third kappa shape index (κ3) is 1.74. The Labute approximate surface area is 127 Å². The number of benzene rings is 2. The van der Waals surface area contributed by atoms with E-state index in [0.717, 1.165) is 21.2 Å². The molecule has 98 valence electrons. The standard InChI is InChI=1S/C15H10BrN3S/c16-10-1-3-13-12(8-10)18-15(17)19(13)11-2-4-14-9(7-11)5-6-20-14/h1-8H,(H2,17,18). The smallest absolute Gasteiger partial charge is 0.205 e. The summed E-state index contributed by atoms with van der Waals surface area (Å²) in [5.74, 6) is 0.507. The predicted octanol–water partition coefficient (Wildman–Crippen LogP) is 4.58. The minimum atomic E-state index is 0.507. The van der Waals surface area contributed by atoms with E-state index >= 15 is 0 Å². The number of rotatable bonds is 1. The van der Waals surface area contributed by atoms with E-state index in [4.69, 9.17) is 5.73 Å². The van der Waals surface area contributed by atoms with Crippen molar-refractivity contribution in [3.05, 3.63) is 52.3 Å². The maximum Gasteiger partial charge on any atom is 0.205 e. The third-order valence-corrected chi connectivity index (χ3v) is 4.73. The van der Waals surface area contributed by atoms with E-state index < -0.39 is 0 Å². The van der Waals surface area contributed by atoms with Gasteiger partial charge in [-0.3, -0.25) is 4.57 Å². The van der Waals surface area contributed by atoms with Gasteiger partial charge in [-0.1, -0.05) is 15.9 Å². The first-order valence-corrected chi connectivity index (χ1v) is 7.81. The summed E-state index contributed by atoms with van der Waals surface area (Å²) in [6.45, 7) is 0. The van der Waals surface area contributed by atoms with Gasteiger partial charge in [0.25, 0.3) is 0 Å². The maximum absolute atomic E-state index is 6.09. The van der Waals surface area contributed by atoms with E-state index in [-0.39, 0.29) is 0 Å². The molecule has 0 spiro atoms. The zero-order valence-electron chi connectivity index (χ0n) is 10.4. The van der Waals surface area contributed by atoms with Gasteiger partial charge in [0.1, 0.15) is 0 Å². The van der Waals surface area contributed by atoms with Crippen molar-refractivity contribution in [2.45, 2.75) is 0 Å². The number of halogens is 1. The van der Waals surface area contributed by atoms with Gasteiger partial charge < -0.3 is 5.73 Å². The molecule has 0 radical (unpaired) electrons. The molecule has 0 amide bonds. The summed E-state index contributed by atoms with van der Waals surface area (Å²) in [6.07, 6.45) is 0. The normalized spacial score (nSPS) is 11.4. The molecule has 0 fully saturated rings. The van der Waals surface area contributed by atoms with E-state index in [1.807, 2.05) is 22.8 Å². The van der Waals surface area contributed by atoms with Crippen molar-refractivity contribution < 1.29 is 0 Å². The van der Waals surface area contributed by atoms with Crippen molar-refractivity contribution in [2.75, 3.05) is 5.73 Å². The van der Waals surface area contributed by atoms with Crippen LogP contribution in [0.15, 0.2) is 52.3 Å². The molecule has 3 nitrogen and oxygen atoms in total. The summed E-state index contributed by atoms with van der Waals surface area (Å²) < 4.78 is 4.27. The second-order valence-corrected chi connectivity index (χ2v) is 6.44. The first kappa shape index (κ1) is 11.9. The number of imidazole rings is 1. The maximum atomic E-state index is 6.09. The molecule has 0 atom stereocenters. The summed E-state index contributed by atoms with van der Waals surface area (Å²) in [4.78, 5) is 4.43. The SMILES string of the molecule is Nc1nc2cc(Br)ccc2n1-c1ccc2sccc2c1. The third-order valence-electron chi connectivity index (χ3n) is 3.34. The number of aromatic nitrogens is 2. The van der Waals surface area contributed by atoms with Gasteiger partial charge in [0.15, 0.2) is 0 Å². The number of nitrogen functional groups attached to an aromatic ring is 1. The van der Waals surface area contributed by atoms with Gasteiger partial charge in [0, 0.05) is 14.9 Å². The predicted molar refractivity (Wildman–Crippen MR) is 88.6 cm³/mol. The van der Waals surface area contributed by atoms with Crippen LogP contribution < -0.4 is 5.73 Å². The van der Waals surface area contributed by atoms with E-state index in [1.54, 1.807) is 11.3 Å². The molecule has 4 aromatic rings. The highest BCUT2D eigenvalue weighted by Crippen LogP contribution is 2.29. The molecule has 4 rings (SSSR count). The van der Waals surface area contributed by atoms with Gasteiger partial charge in [0.2, 0.25) is 5.95 Å². The van der Waals surface area contributed by atoms with Crippen LogP contribution in [0.4, 0.5) is 5.95 Å². The fourth-order valence-corrected chi connectivity index (χ4v) is 3.56. The Morgan fingerprint density at radius 2 is 2.00 bits per heavy atom. The van der Waals surface area contributed by atoms with Crippen LogP contribution in [-0.4, -0.2) is 9.55 Å². The molecule has 2 N–H and O–H groups in total. The quantitative estimate of drug-likeness (QED) is 0.549. The second kappa shape index (κ2) is 4.33. The zero-order chi connectivity index (χ0) is 13.7. The Balaban J connectivity index is 2.03. The molecule has 2 aromatic carbocycles. The molecule has 0 unspecified atom stereocenters. The molecule has 0 saturated heterocycles. The van der Waals surface area contributed by atoms with Crippen LogP contribution in [0.3, 0.4) is 0 Å². The molecule has 0 aliphatic rings. The molecular weight excluding hydrogens is 334 g/mol. The lowest BCUT2D eigenvalue weighted by Gasteiger charge is -2.06. The number of fused-ring (bicyclic) bond motifs is 2. The van der Waals surface area contributed by atoms with Gasteiger partial charge in [-0.25, -0.2) is 4.98 Å². The van der Waals surface area contributed by atoms with Crippen LogP contribution in [0.1, 0.15) is 0 Å². The summed E-state index contributed by atoms with van der Waals surface area (Å²) in [7, 11) is 0. The average Bonchev–Trinajstić information content (AvgIpc) is 3.00. The largest absolute Gasteiger partial charge is 0.369 e. The lowest BCUT2D eigenvalue weighted by Crippen LogP contribution is -2.00. The summed E-state index contributed by atoms with van der Waals surface area (Å²) in [5, 5.41) is 3.33. The van der Waals surface area contributed by atoms with Crippen LogP contribution in [0.5, 0.6) is 0 Å². The van der Waals surface area contributed by atoms with Crippen LogP contribution in [0.2, 0.25) is 0 Å². The monoisotopic (exact) mass is 343 g/mol. The molecule has 0 aliphatic heterocycles. The van der Waals surface area contributed by atoms with Crippen molar-refractivity contribution >= 4 is 54.3 Å². The molecule has 0 bridgehead atoms. The van der Waals surface area contributed by atoms with Gasteiger partial charge in [-0.2, -0.15) is 0 Å². The Hall–Kier alpha value is -1.85. The highest BCUT2D eigenvalue weighted by molar-refractivity contribution is 9.10. The van der Waals surface area contributed by atoms with Gasteiger partial charge in [-0.05, 0) is 53.2 Å². The molecule has 0 saturated carbocycles. The zero-order valence-corrected chi connectivity index (χ0v) is 12.8. The first-order valence-electron chi connectivity index (χ1n) is 6.13. The number of hydrogen-bond acceptors (Lipinski definition) is 3. The fourth-order valence-electron chi connectivity index (χ4n) is 2.44. The van der Waals surface area contributed by atoms with Crippen molar-refractivity contribution in [2.24, 2.45) is 0 Å². The molecule has 0 aliphatic carbocycles. The molecule has 2 aromatic heterocycles. The highest BCUT2D eigenvalue weighted by Gasteiger charge is 2.10. The lowest BCUT2D eigenvalue weighted by molar-refractivity contribution is 1.11. The van der Waals surface area contributed by atoms with Gasteiger partial charge in [0.05, 0.1) is 11.0 Å². The minimum absolute atomic E-state index is 0.507. The molecular formula is C15H10BrN3S. The molecule has 2 heterocycles. The van der Waals surface area contributed by atoms with Crippen LogP contribution in [0.25, 0.3) is 26.8 Å². The van der Waals surface area contributed by atoms with E-state index in [2.05, 4.69) is 50.6 Å². The number of hydrogen-bond donors (Lipinski definition) is 1. The van der Waals surface area contributed by atoms with Crippen molar-refractivity contribution in [1.29, 1.82) is 0 Å². The Kier molecular flexibility index (Phi) is 2.58. The molecule has 20 heavy (non-hydrogen) atoms. The Morgan fingerprint density at radius 3 is 2.90 bits per heavy atom. The van der Waals surface area contributed by atoms with Crippen molar-refractivity contribution in [1.82, 2.24) is 9.55 Å². The topological polar surface area (TPSA) is 43.8 Å². The van der Waals surface area contributed by atoms with E-state index in [1.165, 1.54) is 10.1 Å². The van der Waals surface area contributed by atoms with Crippen LogP contribution in [0, 0.1) is 0 Å². The van der Waals surface area contributed by atoms with E-state index in [0.29, 0.717) is 5.95 Å². The van der Waals surface area contributed by atoms with Gasteiger partial charge in [-0.15, -0.1) is 11.3 Å². The highest BCUT2D eigenvalue weighted by atomic mass is 79.9. The summed E-state index contributed by atoms with van der Waals surface area (Å²) in [6, 6.07) is 14.5. The van der Waals surface area contributed by atoms with E-state index in [9.17, 15) is 0 Å². The summed E-state index contributed by atoms with van der Waals surface area (Å²) in [5.41, 5.74) is 9.04. The first-order chi connectivity index (χ1) is 9.72. The minimum Gasteiger partial charge on any atom is -0.369 e. The van der Waals surface area contributed by atoms with Crippen molar-refractivity contribution in [3.8, 4) is 5.69 Å². The summed E-state index contributed by atoms with van der Waals surface area (Å²) >= 11 is 5.20. The van der Waals surface area contributed by atoms with Crippen LogP contribution in [-0.2, 0) is 0 Å². The number of nitrogens with zero attached hydrogens (tertiary/aromatic N) is 2. The average molecular weight is 344 g/mol. The lowest BCUT2D eigenvalue weighted by atomic mass is 10.2.